The van der Waals surface area contributed by atoms with Crippen molar-refractivity contribution in [2.75, 3.05) is 13.7 Å². The fourth-order valence-electron chi connectivity index (χ4n) is 4.07. The number of likely N-dealkylation sites (tertiary alicyclic amines) is 1. The van der Waals surface area contributed by atoms with Crippen molar-refractivity contribution in [3.8, 4) is 11.5 Å². The molecule has 2 unspecified atom stereocenters. The average molecular weight is 289 g/mol. The molecule has 4 nitrogen and oxygen atoms in total. The monoisotopic (exact) mass is 289 g/mol. The van der Waals surface area contributed by atoms with Crippen LogP contribution >= 0.6 is 0 Å². The maximum Gasteiger partial charge on any atom is 0.126 e. The van der Waals surface area contributed by atoms with E-state index in [1.54, 1.807) is 7.11 Å². The molecule has 2 aliphatic heterocycles. The van der Waals surface area contributed by atoms with Crippen LogP contribution in [0.3, 0.4) is 0 Å². The van der Waals surface area contributed by atoms with E-state index in [1.807, 2.05) is 18.2 Å². The predicted octanol–water partition coefficient (Wildman–Crippen LogP) is 2.51. The second kappa shape index (κ2) is 4.62. The zero-order valence-electron chi connectivity index (χ0n) is 12.7. The van der Waals surface area contributed by atoms with Gasteiger partial charge >= 0.3 is 0 Å². The Hall–Kier alpha value is -1.26. The minimum Gasteiger partial charge on any atom is -0.497 e. The Morgan fingerprint density at radius 1 is 1.33 bits per heavy atom. The number of benzene rings is 1. The molecule has 1 aliphatic carbocycles. The fraction of sp³-hybridized carbons (Fsp3) is 0.647. The third-order valence-corrected chi connectivity index (χ3v) is 5.19. The summed E-state index contributed by atoms with van der Waals surface area (Å²) >= 11 is 0. The van der Waals surface area contributed by atoms with E-state index in [2.05, 4.69) is 11.8 Å². The van der Waals surface area contributed by atoms with E-state index in [0.717, 1.165) is 36.1 Å². The van der Waals surface area contributed by atoms with E-state index in [0.29, 0.717) is 12.5 Å². The van der Waals surface area contributed by atoms with Gasteiger partial charge in [0.2, 0.25) is 0 Å². The van der Waals surface area contributed by atoms with Gasteiger partial charge in [-0.2, -0.15) is 0 Å². The summed E-state index contributed by atoms with van der Waals surface area (Å²) in [4.78, 5) is 2.57. The Kier molecular flexibility index (Phi) is 2.95. The Bertz CT molecular complexity index is 557. The first-order chi connectivity index (χ1) is 10.1. The molecule has 2 fully saturated rings. The van der Waals surface area contributed by atoms with E-state index < -0.39 is 6.10 Å². The molecule has 1 spiro atoms. The van der Waals surface area contributed by atoms with Crippen LogP contribution in [0.25, 0.3) is 0 Å². The number of hydrogen-bond donors (Lipinski definition) is 1. The summed E-state index contributed by atoms with van der Waals surface area (Å²) in [6.07, 6.45) is 3.86. The van der Waals surface area contributed by atoms with Crippen LogP contribution in [-0.2, 0) is 0 Å². The molecule has 1 N–H and O–H groups in total. The molecule has 3 atom stereocenters. The number of nitrogens with zero attached hydrogens (tertiary/aromatic N) is 1. The number of hydrogen-bond acceptors (Lipinski definition) is 4. The molecular weight excluding hydrogens is 266 g/mol. The number of methoxy groups -OCH3 is 1. The van der Waals surface area contributed by atoms with Crippen molar-refractivity contribution in [2.45, 2.75) is 56.4 Å². The lowest BCUT2D eigenvalue weighted by molar-refractivity contribution is -0.00789. The van der Waals surface area contributed by atoms with Gasteiger partial charge in [-0.05, 0) is 38.0 Å². The van der Waals surface area contributed by atoms with E-state index in [-0.39, 0.29) is 5.60 Å². The summed E-state index contributed by atoms with van der Waals surface area (Å²) in [5, 5.41) is 10.6. The largest absolute Gasteiger partial charge is 0.497 e. The Morgan fingerprint density at radius 3 is 2.86 bits per heavy atom. The normalized spacial score (nSPS) is 35.6. The van der Waals surface area contributed by atoms with Crippen LogP contribution in [-0.4, -0.2) is 41.3 Å². The van der Waals surface area contributed by atoms with Crippen molar-refractivity contribution >= 4 is 0 Å². The highest BCUT2D eigenvalue weighted by molar-refractivity contribution is 5.44. The molecule has 4 rings (SSSR count). The molecule has 0 radical (unpaired) electrons. The molecule has 2 heterocycles. The van der Waals surface area contributed by atoms with E-state index in [1.165, 1.54) is 12.8 Å². The summed E-state index contributed by atoms with van der Waals surface area (Å²) in [6.45, 7) is 3.23. The Morgan fingerprint density at radius 2 is 2.14 bits per heavy atom. The van der Waals surface area contributed by atoms with Gasteiger partial charge in [-0.3, -0.25) is 4.90 Å². The quantitative estimate of drug-likeness (QED) is 0.908. The minimum atomic E-state index is -0.463. The molecule has 0 aromatic heterocycles. The molecule has 0 amide bonds. The zero-order chi connectivity index (χ0) is 14.6. The highest BCUT2D eigenvalue weighted by atomic mass is 16.5. The zero-order valence-corrected chi connectivity index (χ0v) is 12.7. The standard InChI is InChI=1S/C17H23NO3/c1-11-8-17(10-18(11)12-3-4-12)9-15(19)14-7-13(20-2)5-6-16(14)21-17/h5-7,11-12,15,19H,3-4,8-10H2,1-2H3/t11?,15-,17?/m0/s1. The predicted molar refractivity (Wildman–Crippen MR) is 79.7 cm³/mol. The lowest BCUT2D eigenvalue weighted by atomic mass is 9.87. The number of fused-ring (bicyclic) bond motifs is 1. The van der Waals surface area contributed by atoms with Gasteiger partial charge < -0.3 is 14.6 Å². The first-order valence-corrected chi connectivity index (χ1v) is 7.91. The van der Waals surface area contributed by atoms with Crippen molar-refractivity contribution < 1.29 is 14.6 Å². The molecular formula is C17H23NO3. The number of rotatable bonds is 2. The maximum absolute atomic E-state index is 10.6. The van der Waals surface area contributed by atoms with Gasteiger partial charge in [0.05, 0.1) is 13.2 Å². The van der Waals surface area contributed by atoms with Gasteiger partial charge in [0.15, 0.2) is 0 Å². The highest BCUT2D eigenvalue weighted by Gasteiger charge is 2.51. The van der Waals surface area contributed by atoms with Gasteiger partial charge in [0, 0.05) is 37.0 Å². The second-order valence-corrected chi connectivity index (χ2v) is 6.87. The molecule has 1 aromatic rings. The molecule has 21 heavy (non-hydrogen) atoms. The Balaban J connectivity index is 1.62. The van der Waals surface area contributed by atoms with Crippen molar-refractivity contribution in [2.24, 2.45) is 0 Å². The summed E-state index contributed by atoms with van der Waals surface area (Å²) in [5.41, 5.74) is 0.640. The molecule has 1 aromatic carbocycles. The number of ether oxygens (including phenoxy) is 2. The fourth-order valence-corrected chi connectivity index (χ4v) is 4.07. The van der Waals surface area contributed by atoms with Crippen LogP contribution in [0.5, 0.6) is 11.5 Å². The van der Waals surface area contributed by atoms with Crippen LogP contribution in [0.2, 0.25) is 0 Å². The third kappa shape index (κ3) is 2.21. The summed E-state index contributed by atoms with van der Waals surface area (Å²) < 4.78 is 11.6. The summed E-state index contributed by atoms with van der Waals surface area (Å²) in [5.74, 6) is 1.59. The first-order valence-electron chi connectivity index (χ1n) is 7.91. The van der Waals surface area contributed by atoms with Crippen molar-refractivity contribution in [1.29, 1.82) is 0 Å². The van der Waals surface area contributed by atoms with Crippen LogP contribution in [0, 0.1) is 0 Å². The third-order valence-electron chi connectivity index (χ3n) is 5.19. The van der Waals surface area contributed by atoms with Gasteiger partial charge in [0.1, 0.15) is 17.1 Å². The number of aliphatic hydroxyl groups excluding tert-OH is 1. The van der Waals surface area contributed by atoms with Gasteiger partial charge in [0.25, 0.3) is 0 Å². The highest BCUT2D eigenvalue weighted by Crippen LogP contribution is 2.48. The van der Waals surface area contributed by atoms with Gasteiger partial charge in [-0.25, -0.2) is 0 Å². The first kappa shape index (κ1) is 13.4. The molecule has 0 bridgehead atoms. The molecule has 4 heteroatoms. The maximum atomic E-state index is 10.6. The molecule has 1 saturated carbocycles. The smallest absolute Gasteiger partial charge is 0.126 e. The van der Waals surface area contributed by atoms with Crippen LogP contribution < -0.4 is 9.47 Å². The van der Waals surface area contributed by atoms with E-state index in [4.69, 9.17) is 9.47 Å². The van der Waals surface area contributed by atoms with Crippen molar-refractivity contribution in [3.05, 3.63) is 23.8 Å². The van der Waals surface area contributed by atoms with Gasteiger partial charge in [-0.15, -0.1) is 0 Å². The van der Waals surface area contributed by atoms with E-state index >= 15 is 0 Å². The van der Waals surface area contributed by atoms with Crippen molar-refractivity contribution in [1.82, 2.24) is 4.90 Å². The van der Waals surface area contributed by atoms with Crippen LogP contribution in [0.15, 0.2) is 18.2 Å². The molecule has 1 saturated heterocycles. The Labute approximate surface area is 125 Å². The minimum absolute atomic E-state index is 0.219. The second-order valence-electron chi connectivity index (χ2n) is 6.87. The van der Waals surface area contributed by atoms with E-state index in [9.17, 15) is 5.11 Å². The van der Waals surface area contributed by atoms with Crippen molar-refractivity contribution in [3.63, 3.8) is 0 Å². The van der Waals surface area contributed by atoms with Gasteiger partial charge in [-0.1, -0.05) is 0 Å². The summed E-state index contributed by atoms with van der Waals surface area (Å²) in [6, 6.07) is 7.02. The topological polar surface area (TPSA) is 41.9 Å². The summed E-state index contributed by atoms with van der Waals surface area (Å²) in [7, 11) is 1.64. The number of aliphatic hydroxyl groups is 1. The van der Waals surface area contributed by atoms with Crippen LogP contribution in [0.4, 0.5) is 0 Å². The average Bonchev–Trinajstić information content (AvgIpc) is 3.25. The lowest BCUT2D eigenvalue weighted by Crippen LogP contribution is -2.44. The van der Waals surface area contributed by atoms with Crippen LogP contribution in [0.1, 0.15) is 44.3 Å². The lowest BCUT2D eigenvalue weighted by Gasteiger charge is -2.38. The SMILES string of the molecule is COc1ccc2c(c1)[C@@H](O)CC1(CC(C)N(C3CC3)C1)O2. The molecule has 3 aliphatic rings. The molecule has 114 valence electrons.